The van der Waals surface area contributed by atoms with Crippen LogP contribution in [0.2, 0.25) is 5.02 Å². The van der Waals surface area contributed by atoms with Gasteiger partial charge in [0, 0.05) is 0 Å². The molecule has 70 valence electrons. The van der Waals surface area contributed by atoms with Crippen LogP contribution in [0.3, 0.4) is 0 Å². The minimum atomic E-state index is -0.558. The van der Waals surface area contributed by atoms with Gasteiger partial charge in [-0.05, 0) is 34.2 Å². The number of amides is 1. The van der Waals surface area contributed by atoms with E-state index in [2.05, 4.69) is 0 Å². The lowest BCUT2D eigenvalue weighted by molar-refractivity contribution is -0.117. The Labute approximate surface area is 93.4 Å². The van der Waals surface area contributed by atoms with E-state index < -0.39 is 11.7 Å². The van der Waals surface area contributed by atoms with E-state index in [0.717, 1.165) is 0 Å². The summed E-state index contributed by atoms with van der Waals surface area (Å²) in [6, 6.07) is 3.01. The second-order valence-electron chi connectivity index (χ2n) is 2.48. The van der Waals surface area contributed by atoms with Crippen LogP contribution in [0.4, 0.5) is 4.39 Å². The number of carbonyl (C=O) groups is 1. The van der Waals surface area contributed by atoms with Crippen LogP contribution in [0, 0.1) is 9.39 Å². The summed E-state index contributed by atoms with van der Waals surface area (Å²) in [7, 11) is 0. The SMILES string of the molecule is NC(=O)Cc1ccc(Cl)c(I)c1F. The number of rotatable bonds is 2. The largest absolute Gasteiger partial charge is 0.369 e. The zero-order chi connectivity index (χ0) is 10.0. The highest BCUT2D eigenvalue weighted by Crippen LogP contribution is 2.23. The Balaban J connectivity index is 3.10. The van der Waals surface area contributed by atoms with Crippen LogP contribution in [0.25, 0.3) is 0 Å². The highest BCUT2D eigenvalue weighted by molar-refractivity contribution is 14.1. The van der Waals surface area contributed by atoms with Gasteiger partial charge in [0.05, 0.1) is 15.0 Å². The van der Waals surface area contributed by atoms with E-state index >= 15 is 0 Å². The normalized spacial score (nSPS) is 10.1. The van der Waals surface area contributed by atoms with Gasteiger partial charge < -0.3 is 5.73 Å². The van der Waals surface area contributed by atoms with Crippen LogP contribution >= 0.6 is 34.2 Å². The summed E-state index contributed by atoms with van der Waals surface area (Å²) in [5.74, 6) is -1.02. The van der Waals surface area contributed by atoms with Gasteiger partial charge in [-0.1, -0.05) is 17.7 Å². The Morgan fingerprint density at radius 3 is 2.77 bits per heavy atom. The molecule has 0 aromatic heterocycles. The molecule has 0 aliphatic rings. The third-order valence-electron chi connectivity index (χ3n) is 1.48. The van der Waals surface area contributed by atoms with Crippen molar-refractivity contribution in [2.24, 2.45) is 5.73 Å². The highest BCUT2D eigenvalue weighted by atomic mass is 127. The first-order valence-corrected chi connectivity index (χ1v) is 4.88. The number of nitrogens with two attached hydrogens (primary N) is 1. The Bertz CT molecular complexity index is 356. The number of hydrogen-bond donors (Lipinski definition) is 1. The Morgan fingerprint density at radius 2 is 2.23 bits per heavy atom. The first-order chi connectivity index (χ1) is 6.02. The van der Waals surface area contributed by atoms with Crippen molar-refractivity contribution in [1.82, 2.24) is 0 Å². The van der Waals surface area contributed by atoms with Crippen molar-refractivity contribution in [3.05, 3.63) is 32.1 Å². The number of carbonyl (C=O) groups excluding carboxylic acids is 1. The lowest BCUT2D eigenvalue weighted by Gasteiger charge is -2.03. The molecule has 13 heavy (non-hydrogen) atoms. The zero-order valence-electron chi connectivity index (χ0n) is 6.48. The fourth-order valence-corrected chi connectivity index (χ4v) is 1.56. The minimum absolute atomic E-state index is 0.0982. The monoisotopic (exact) mass is 313 g/mol. The fourth-order valence-electron chi connectivity index (χ4n) is 0.890. The maximum absolute atomic E-state index is 13.3. The van der Waals surface area contributed by atoms with Gasteiger partial charge in [0.25, 0.3) is 0 Å². The molecule has 1 aromatic carbocycles. The van der Waals surface area contributed by atoms with E-state index in [0.29, 0.717) is 8.59 Å². The number of benzene rings is 1. The zero-order valence-corrected chi connectivity index (χ0v) is 9.39. The fraction of sp³-hybridized carbons (Fsp3) is 0.125. The molecule has 0 radical (unpaired) electrons. The molecule has 0 atom stereocenters. The maximum Gasteiger partial charge on any atom is 0.221 e. The van der Waals surface area contributed by atoms with Crippen LogP contribution in [0.1, 0.15) is 5.56 Å². The second-order valence-corrected chi connectivity index (χ2v) is 3.96. The third kappa shape index (κ3) is 2.54. The molecular weight excluding hydrogens is 307 g/mol. The Morgan fingerprint density at radius 1 is 1.62 bits per heavy atom. The van der Waals surface area contributed by atoms with Crippen molar-refractivity contribution in [1.29, 1.82) is 0 Å². The van der Waals surface area contributed by atoms with Crippen molar-refractivity contribution in [2.45, 2.75) is 6.42 Å². The molecule has 1 aromatic rings. The number of primary amides is 1. The quantitative estimate of drug-likeness (QED) is 0.659. The third-order valence-corrected chi connectivity index (χ3v) is 3.17. The molecule has 0 unspecified atom stereocenters. The molecule has 1 rings (SSSR count). The van der Waals surface area contributed by atoms with Crippen LogP contribution in [0.5, 0.6) is 0 Å². The smallest absolute Gasteiger partial charge is 0.221 e. The molecule has 0 bridgehead atoms. The molecule has 0 aliphatic carbocycles. The van der Waals surface area contributed by atoms with Crippen molar-refractivity contribution in [2.75, 3.05) is 0 Å². The van der Waals surface area contributed by atoms with Gasteiger partial charge in [-0.15, -0.1) is 0 Å². The van der Waals surface area contributed by atoms with Crippen LogP contribution in [-0.4, -0.2) is 5.91 Å². The summed E-state index contributed by atoms with van der Waals surface area (Å²) in [4.78, 5) is 10.5. The van der Waals surface area contributed by atoms with Gasteiger partial charge in [-0.3, -0.25) is 4.79 Å². The first-order valence-electron chi connectivity index (χ1n) is 3.43. The summed E-state index contributed by atoms with van der Waals surface area (Å²) >= 11 is 7.44. The molecule has 0 heterocycles. The summed E-state index contributed by atoms with van der Waals surface area (Å²) in [5.41, 5.74) is 5.22. The molecule has 2 nitrogen and oxygen atoms in total. The lowest BCUT2D eigenvalue weighted by Crippen LogP contribution is -2.14. The van der Waals surface area contributed by atoms with Gasteiger partial charge >= 0.3 is 0 Å². The summed E-state index contributed by atoms with van der Waals surface area (Å²) in [5, 5.41) is 0.339. The summed E-state index contributed by atoms with van der Waals surface area (Å²) < 4.78 is 13.6. The number of halogens is 3. The van der Waals surface area contributed by atoms with Gasteiger partial charge in [0.15, 0.2) is 0 Å². The van der Waals surface area contributed by atoms with E-state index in [4.69, 9.17) is 17.3 Å². The van der Waals surface area contributed by atoms with E-state index in [1.807, 2.05) is 0 Å². The van der Waals surface area contributed by atoms with Crippen LogP contribution in [0.15, 0.2) is 12.1 Å². The van der Waals surface area contributed by atoms with E-state index in [9.17, 15) is 9.18 Å². The molecule has 0 fully saturated rings. The molecule has 5 heteroatoms. The summed E-state index contributed by atoms with van der Waals surface area (Å²) in [6.07, 6.45) is -0.0982. The second kappa shape index (κ2) is 4.23. The maximum atomic E-state index is 13.3. The van der Waals surface area contributed by atoms with E-state index in [1.165, 1.54) is 6.07 Å². The molecule has 1 amide bonds. The Kier molecular flexibility index (Phi) is 3.49. The number of hydrogen-bond acceptors (Lipinski definition) is 1. The van der Waals surface area contributed by atoms with E-state index in [-0.39, 0.29) is 12.0 Å². The predicted octanol–water partition coefficient (Wildman–Crippen LogP) is 2.11. The van der Waals surface area contributed by atoms with Gasteiger partial charge in [-0.2, -0.15) is 0 Å². The Hall–Kier alpha value is -0.360. The lowest BCUT2D eigenvalue weighted by atomic mass is 10.1. The molecule has 0 saturated heterocycles. The van der Waals surface area contributed by atoms with Crippen LogP contribution < -0.4 is 5.73 Å². The molecule has 2 N–H and O–H groups in total. The van der Waals surface area contributed by atoms with Gasteiger partial charge in [0.2, 0.25) is 5.91 Å². The molecular formula is C8H6ClFINO. The molecule has 0 spiro atoms. The molecule has 0 saturated carbocycles. The van der Waals surface area contributed by atoms with Gasteiger partial charge in [-0.25, -0.2) is 4.39 Å². The topological polar surface area (TPSA) is 43.1 Å². The highest BCUT2D eigenvalue weighted by Gasteiger charge is 2.11. The van der Waals surface area contributed by atoms with E-state index in [1.54, 1.807) is 28.7 Å². The van der Waals surface area contributed by atoms with Crippen LogP contribution in [-0.2, 0) is 11.2 Å². The molecule has 0 aliphatic heterocycles. The van der Waals surface area contributed by atoms with Gasteiger partial charge in [0.1, 0.15) is 5.82 Å². The minimum Gasteiger partial charge on any atom is -0.369 e. The first kappa shape index (κ1) is 10.7. The van der Waals surface area contributed by atoms with Crippen molar-refractivity contribution >= 4 is 40.1 Å². The summed E-state index contributed by atoms with van der Waals surface area (Å²) in [6.45, 7) is 0. The average Bonchev–Trinajstić information content (AvgIpc) is 2.06. The average molecular weight is 313 g/mol. The van der Waals surface area contributed by atoms with Crippen molar-refractivity contribution in [3.63, 3.8) is 0 Å². The standard InChI is InChI=1S/C8H6ClFINO/c9-5-2-1-4(3-6(12)13)7(10)8(5)11/h1-2H,3H2,(H2,12,13). The predicted molar refractivity (Wildman–Crippen MR) is 57.0 cm³/mol. The van der Waals surface area contributed by atoms with Crippen molar-refractivity contribution < 1.29 is 9.18 Å². The van der Waals surface area contributed by atoms with Crippen molar-refractivity contribution in [3.8, 4) is 0 Å².